The van der Waals surface area contributed by atoms with Gasteiger partial charge >= 0.3 is 5.97 Å². The molecule has 0 unspecified atom stereocenters. The predicted molar refractivity (Wildman–Crippen MR) is 93.0 cm³/mol. The van der Waals surface area contributed by atoms with Crippen molar-refractivity contribution in [2.75, 3.05) is 19.7 Å². The second kappa shape index (κ2) is 8.51. The number of ether oxygens (including phenoxy) is 2. The van der Waals surface area contributed by atoms with Gasteiger partial charge in [-0.2, -0.15) is 0 Å². The Morgan fingerprint density at radius 2 is 1.83 bits per heavy atom. The minimum atomic E-state index is -0.631. The number of morpholine rings is 1. The molecule has 1 saturated heterocycles. The lowest BCUT2D eigenvalue weighted by Gasteiger charge is -2.35. The predicted octanol–water partition coefficient (Wildman–Crippen LogP) is 3.19. The molecule has 0 radical (unpaired) electrons. The largest absolute Gasteiger partial charge is 0.452 e. The standard InChI is InChI=1S/C17H19Cl2NO4/c1-11-8-20(9-12(2)24-11)16(21)10-23-17(22)7-6-13-14(18)4-3-5-15(13)19/h3-7,11-12H,8-10H2,1-2H3/b7-6+/t11-,12-/m1/s1. The zero-order chi connectivity index (χ0) is 17.7. The van der Waals surface area contributed by atoms with Gasteiger partial charge in [-0.1, -0.05) is 29.3 Å². The van der Waals surface area contributed by atoms with E-state index in [2.05, 4.69) is 0 Å². The minimum Gasteiger partial charge on any atom is -0.452 e. The highest BCUT2D eigenvalue weighted by molar-refractivity contribution is 6.37. The Morgan fingerprint density at radius 3 is 2.42 bits per heavy atom. The molecule has 130 valence electrons. The SMILES string of the molecule is C[C@@H]1CN(C(=O)COC(=O)/C=C/c2c(Cl)cccc2Cl)C[C@@H](C)O1. The molecule has 2 rings (SSSR count). The number of halogens is 2. The molecule has 1 fully saturated rings. The van der Waals surface area contributed by atoms with Crippen LogP contribution in [0.4, 0.5) is 0 Å². The highest BCUT2D eigenvalue weighted by Gasteiger charge is 2.26. The van der Waals surface area contributed by atoms with E-state index >= 15 is 0 Å². The van der Waals surface area contributed by atoms with E-state index in [9.17, 15) is 9.59 Å². The summed E-state index contributed by atoms with van der Waals surface area (Å²) in [6.07, 6.45) is 2.60. The first-order valence-electron chi connectivity index (χ1n) is 7.59. The number of amides is 1. The van der Waals surface area contributed by atoms with Crippen LogP contribution in [0.2, 0.25) is 10.0 Å². The first-order valence-corrected chi connectivity index (χ1v) is 8.34. The van der Waals surface area contributed by atoms with Gasteiger partial charge in [0.2, 0.25) is 0 Å². The van der Waals surface area contributed by atoms with Crippen LogP contribution in [0.3, 0.4) is 0 Å². The first-order chi connectivity index (χ1) is 11.4. The topological polar surface area (TPSA) is 55.8 Å². The van der Waals surface area contributed by atoms with Gasteiger partial charge in [-0.05, 0) is 32.1 Å². The molecule has 24 heavy (non-hydrogen) atoms. The molecule has 1 heterocycles. The summed E-state index contributed by atoms with van der Waals surface area (Å²) < 4.78 is 10.5. The van der Waals surface area contributed by atoms with Crippen molar-refractivity contribution < 1.29 is 19.1 Å². The number of hydrogen-bond acceptors (Lipinski definition) is 4. The highest BCUT2D eigenvalue weighted by Crippen LogP contribution is 2.25. The Labute approximate surface area is 151 Å². The molecule has 2 atom stereocenters. The van der Waals surface area contributed by atoms with E-state index in [1.54, 1.807) is 23.1 Å². The van der Waals surface area contributed by atoms with Gasteiger partial charge in [-0.25, -0.2) is 4.79 Å². The number of carbonyl (C=O) groups is 2. The molecule has 5 nitrogen and oxygen atoms in total. The summed E-state index contributed by atoms with van der Waals surface area (Å²) in [7, 11) is 0. The lowest BCUT2D eigenvalue weighted by Crippen LogP contribution is -2.49. The van der Waals surface area contributed by atoms with Crippen molar-refractivity contribution in [1.29, 1.82) is 0 Å². The average Bonchev–Trinajstić information content (AvgIpc) is 2.51. The molecule has 0 bridgehead atoms. The third-order valence-corrected chi connectivity index (χ3v) is 4.16. The summed E-state index contributed by atoms with van der Waals surface area (Å²) in [4.78, 5) is 25.5. The maximum Gasteiger partial charge on any atom is 0.331 e. The van der Waals surface area contributed by atoms with Crippen LogP contribution in [0, 0.1) is 0 Å². The van der Waals surface area contributed by atoms with Gasteiger partial charge in [0.05, 0.1) is 12.2 Å². The first kappa shape index (κ1) is 18.8. The Hall–Kier alpha value is -1.56. The van der Waals surface area contributed by atoms with Crippen LogP contribution in [0.5, 0.6) is 0 Å². The fourth-order valence-electron chi connectivity index (χ4n) is 2.48. The van der Waals surface area contributed by atoms with Crippen LogP contribution in [0.15, 0.2) is 24.3 Å². The van der Waals surface area contributed by atoms with Crippen molar-refractivity contribution in [3.05, 3.63) is 39.9 Å². The van der Waals surface area contributed by atoms with Crippen LogP contribution in [-0.4, -0.2) is 48.7 Å². The fourth-order valence-corrected chi connectivity index (χ4v) is 3.00. The van der Waals surface area contributed by atoms with E-state index in [1.165, 1.54) is 12.2 Å². The lowest BCUT2D eigenvalue weighted by molar-refractivity contribution is -0.154. The number of carbonyl (C=O) groups excluding carboxylic acids is 2. The smallest absolute Gasteiger partial charge is 0.331 e. The van der Waals surface area contributed by atoms with E-state index in [4.69, 9.17) is 32.7 Å². The Bertz CT molecular complexity index is 617. The molecule has 1 aliphatic heterocycles. The lowest BCUT2D eigenvalue weighted by atomic mass is 10.2. The van der Waals surface area contributed by atoms with E-state index in [-0.39, 0.29) is 24.7 Å². The number of esters is 1. The van der Waals surface area contributed by atoms with Gasteiger partial charge < -0.3 is 14.4 Å². The summed E-state index contributed by atoms with van der Waals surface area (Å²) >= 11 is 12.0. The van der Waals surface area contributed by atoms with Crippen molar-refractivity contribution in [2.45, 2.75) is 26.1 Å². The number of benzene rings is 1. The fraction of sp³-hybridized carbons (Fsp3) is 0.412. The zero-order valence-electron chi connectivity index (χ0n) is 13.5. The molecule has 0 saturated carbocycles. The molecular formula is C17H19Cl2NO4. The van der Waals surface area contributed by atoms with Crippen LogP contribution in [-0.2, 0) is 19.1 Å². The molecule has 1 amide bonds. The van der Waals surface area contributed by atoms with Gasteiger partial charge in [0.1, 0.15) is 0 Å². The molecule has 0 aliphatic carbocycles. The monoisotopic (exact) mass is 371 g/mol. The summed E-state index contributed by atoms with van der Waals surface area (Å²) in [5.74, 6) is -0.872. The molecular weight excluding hydrogens is 353 g/mol. The minimum absolute atomic E-state index is 0.0318. The van der Waals surface area contributed by atoms with Crippen molar-refractivity contribution in [3.63, 3.8) is 0 Å². The van der Waals surface area contributed by atoms with Crippen molar-refractivity contribution in [3.8, 4) is 0 Å². The molecule has 0 N–H and O–H groups in total. The molecule has 0 aromatic heterocycles. The number of hydrogen-bond donors (Lipinski definition) is 0. The average molecular weight is 372 g/mol. The van der Waals surface area contributed by atoms with Gasteiger partial charge in [0.15, 0.2) is 6.61 Å². The third kappa shape index (κ3) is 5.23. The van der Waals surface area contributed by atoms with E-state index < -0.39 is 5.97 Å². The second-order valence-corrected chi connectivity index (χ2v) is 6.45. The Morgan fingerprint density at radius 1 is 1.25 bits per heavy atom. The van der Waals surface area contributed by atoms with Crippen molar-refractivity contribution in [1.82, 2.24) is 4.90 Å². The van der Waals surface area contributed by atoms with Crippen LogP contribution < -0.4 is 0 Å². The van der Waals surface area contributed by atoms with Gasteiger partial charge in [0, 0.05) is 34.8 Å². The normalized spacial score (nSPS) is 21.1. The zero-order valence-corrected chi connectivity index (χ0v) is 15.0. The molecule has 0 spiro atoms. The molecule has 1 aromatic rings. The molecule has 7 heteroatoms. The molecule has 1 aromatic carbocycles. The van der Waals surface area contributed by atoms with Gasteiger partial charge in [-0.15, -0.1) is 0 Å². The number of nitrogens with zero attached hydrogens (tertiary/aromatic N) is 1. The quantitative estimate of drug-likeness (QED) is 0.602. The van der Waals surface area contributed by atoms with Gasteiger partial charge in [-0.3, -0.25) is 4.79 Å². The van der Waals surface area contributed by atoms with Crippen LogP contribution in [0.25, 0.3) is 6.08 Å². The number of rotatable bonds is 4. The van der Waals surface area contributed by atoms with Gasteiger partial charge in [0.25, 0.3) is 5.91 Å². The summed E-state index contributed by atoms with van der Waals surface area (Å²) in [5, 5.41) is 0.859. The van der Waals surface area contributed by atoms with Crippen LogP contribution in [0.1, 0.15) is 19.4 Å². The summed E-state index contributed by atoms with van der Waals surface area (Å²) in [6, 6.07) is 5.05. The Kier molecular flexibility index (Phi) is 6.66. The van der Waals surface area contributed by atoms with E-state index in [0.717, 1.165) is 0 Å². The maximum absolute atomic E-state index is 12.1. The van der Waals surface area contributed by atoms with Crippen LogP contribution >= 0.6 is 23.2 Å². The second-order valence-electron chi connectivity index (χ2n) is 5.63. The van der Waals surface area contributed by atoms with E-state index in [0.29, 0.717) is 28.7 Å². The van der Waals surface area contributed by atoms with E-state index in [1.807, 2.05) is 13.8 Å². The summed E-state index contributed by atoms with van der Waals surface area (Å²) in [6.45, 7) is 4.48. The third-order valence-electron chi connectivity index (χ3n) is 3.50. The summed E-state index contributed by atoms with van der Waals surface area (Å²) in [5.41, 5.74) is 0.528. The Balaban J connectivity index is 1.87. The molecule has 1 aliphatic rings. The maximum atomic E-state index is 12.1. The van der Waals surface area contributed by atoms with Crippen molar-refractivity contribution >= 4 is 41.2 Å². The highest BCUT2D eigenvalue weighted by atomic mass is 35.5. The van der Waals surface area contributed by atoms with Crippen molar-refractivity contribution in [2.24, 2.45) is 0 Å².